The number of anilines is 1. The summed E-state index contributed by atoms with van der Waals surface area (Å²) in [5, 5.41) is 3.90. The summed E-state index contributed by atoms with van der Waals surface area (Å²) in [5.74, 6) is 0.867. The molecule has 3 aromatic rings. The van der Waals surface area contributed by atoms with Crippen molar-refractivity contribution < 1.29 is 4.74 Å². The van der Waals surface area contributed by atoms with Gasteiger partial charge in [-0.25, -0.2) is 0 Å². The molecule has 1 atom stereocenters. The molecule has 0 saturated carbocycles. The molecule has 1 unspecified atom stereocenters. The second-order valence-electron chi connectivity index (χ2n) is 8.04. The van der Waals surface area contributed by atoms with E-state index in [0.717, 1.165) is 49.5 Å². The number of ether oxygens (including phenoxy) is 1. The first-order chi connectivity index (χ1) is 14.7. The Morgan fingerprint density at radius 3 is 2.43 bits per heavy atom. The van der Waals surface area contributed by atoms with Crippen LogP contribution in [0.1, 0.15) is 35.6 Å². The Labute approximate surface area is 179 Å². The SMILES string of the molecule is COc1cccc(C(NC2CCN(Cc3ccccc3)CC2)c2ccccc2N)c1. The second-order valence-corrected chi connectivity index (χ2v) is 8.04. The first-order valence-corrected chi connectivity index (χ1v) is 10.7. The third kappa shape index (κ3) is 5.02. The van der Waals surface area contributed by atoms with Crippen molar-refractivity contribution in [3.8, 4) is 5.75 Å². The summed E-state index contributed by atoms with van der Waals surface area (Å²) in [6.07, 6.45) is 2.25. The van der Waals surface area contributed by atoms with E-state index in [1.807, 2.05) is 24.3 Å². The van der Waals surface area contributed by atoms with Crippen molar-refractivity contribution in [1.29, 1.82) is 0 Å². The number of likely N-dealkylation sites (tertiary alicyclic amines) is 1. The molecule has 1 saturated heterocycles. The van der Waals surface area contributed by atoms with Gasteiger partial charge in [-0.1, -0.05) is 60.7 Å². The number of methoxy groups -OCH3 is 1. The average molecular weight is 402 g/mol. The number of rotatable bonds is 7. The number of hydrogen-bond donors (Lipinski definition) is 2. The van der Waals surface area contributed by atoms with Crippen LogP contribution in [0, 0.1) is 0 Å². The minimum atomic E-state index is 0.0481. The van der Waals surface area contributed by atoms with Crippen LogP contribution in [0.5, 0.6) is 5.75 Å². The van der Waals surface area contributed by atoms with Crippen molar-refractivity contribution in [2.75, 3.05) is 25.9 Å². The molecule has 1 aliphatic rings. The Hall–Kier alpha value is -2.82. The second kappa shape index (κ2) is 9.79. The fraction of sp³-hybridized carbons (Fsp3) is 0.308. The van der Waals surface area contributed by atoms with E-state index in [-0.39, 0.29) is 6.04 Å². The molecule has 30 heavy (non-hydrogen) atoms. The fourth-order valence-electron chi connectivity index (χ4n) is 4.30. The summed E-state index contributed by atoms with van der Waals surface area (Å²) in [5.41, 5.74) is 10.9. The summed E-state index contributed by atoms with van der Waals surface area (Å²) in [7, 11) is 1.71. The van der Waals surface area contributed by atoms with Crippen molar-refractivity contribution in [2.45, 2.75) is 31.5 Å². The van der Waals surface area contributed by atoms with Crippen LogP contribution < -0.4 is 15.8 Å². The monoisotopic (exact) mass is 401 g/mol. The zero-order chi connectivity index (χ0) is 20.8. The highest BCUT2D eigenvalue weighted by atomic mass is 16.5. The lowest BCUT2D eigenvalue weighted by molar-refractivity contribution is 0.187. The molecule has 0 aromatic heterocycles. The minimum absolute atomic E-state index is 0.0481. The van der Waals surface area contributed by atoms with Gasteiger partial charge in [0.25, 0.3) is 0 Å². The fourth-order valence-corrected chi connectivity index (χ4v) is 4.30. The lowest BCUT2D eigenvalue weighted by atomic mass is 9.94. The summed E-state index contributed by atoms with van der Waals surface area (Å²) < 4.78 is 5.47. The number of nitrogens with two attached hydrogens (primary N) is 1. The van der Waals surface area contributed by atoms with Crippen LogP contribution in [0.25, 0.3) is 0 Å². The molecule has 156 valence electrons. The maximum Gasteiger partial charge on any atom is 0.119 e. The minimum Gasteiger partial charge on any atom is -0.497 e. The highest BCUT2D eigenvalue weighted by Gasteiger charge is 2.24. The Morgan fingerprint density at radius 2 is 1.70 bits per heavy atom. The van der Waals surface area contributed by atoms with E-state index in [1.54, 1.807) is 7.11 Å². The number of para-hydroxylation sites is 1. The lowest BCUT2D eigenvalue weighted by Crippen LogP contribution is -2.43. The van der Waals surface area contributed by atoms with Crippen LogP contribution in [0.3, 0.4) is 0 Å². The number of benzene rings is 3. The predicted molar refractivity (Wildman–Crippen MR) is 124 cm³/mol. The van der Waals surface area contributed by atoms with Crippen LogP contribution in [-0.4, -0.2) is 31.1 Å². The topological polar surface area (TPSA) is 50.5 Å². The maximum atomic E-state index is 6.36. The molecule has 0 spiro atoms. The molecule has 4 rings (SSSR count). The standard InChI is InChI=1S/C26H31N3O/c1-30-23-11-7-10-21(18-23)26(24-12-5-6-13-25(24)27)28-22-14-16-29(17-15-22)19-20-8-3-2-4-9-20/h2-13,18,22,26,28H,14-17,19,27H2,1H3. The van der Waals surface area contributed by atoms with Crippen LogP contribution in [-0.2, 0) is 6.54 Å². The quantitative estimate of drug-likeness (QED) is 0.567. The highest BCUT2D eigenvalue weighted by molar-refractivity contribution is 5.52. The summed E-state index contributed by atoms with van der Waals surface area (Å²) >= 11 is 0. The predicted octanol–water partition coefficient (Wildman–Crippen LogP) is 4.62. The molecule has 4 heteroatoms. The van der Waals surface area contributed by atoms with Gasteiger partial charge in [-0.3, -0.25) is 4.90 Å². The van der Waals surface area contributed by atoms with E-state index in [9.17, 15) is 0 Å². The van der Waals surface area contributed by atoms with Gasteiger partial charge in [0.15, 0.2) is 0 Å². The van der Waals surface area contributed by atoms with E-state index in [4.69, 9.17) is 10.5 Å². The molecule has 0 aliphatic carbocycles. The Bertz CT molecular complexity index is 936. The largest absolute Gasteiger partial charge is 0.497 e. The molecule has 1 aliphatic heterocycles. The van der Waals surface area contributed by atoms with E-state index >= 15 is 0 Å². The lowest BCUT2D eigenvalue weighted by Gasteiger charge is -2.35. The number of nitrogens with zero attached hydrogens (tertiary/aromatic N) is 1. The Kier molecular flexibility index (Phi) is 6.67. The van der Waals surface area contributed by atoms with Crippen LogP contribution in [0.15, 0.2) is 78.9 Å². The third-order valence-electron chi connectivity index (χ3n) is 5.97. The third-order valence-corrected chi connectivity index (χ3v) is 5.97. The van der Waals surface area contributed by atoms with E-state index in [1.165, 1.54) is 11.1 Å². The van der Waals surface area contributed by atoms with Gasteiger partial charge >= 0.3 is 0 Å². The number of hydrogen-bond acceptors (Lipinski definition) is 4. The van der Waals surface area contributed by atoms with Crippen molar-refractivity contribution in [2.24, 2.45) is 0 Å². The van der Waals surface area contributed by atoms with Crippen molar-refractivity contribution in [3.63, 3.8) is 0 Å². The van der Waals surface area contributed by atoms with E-state index < -0.39 is 0 Å². The van der Waals surface area contributed by atoms with Crippen molar-refractivity contribution in [1.82, 2.24) is 10.2 Å². The summed E-state index contributed by atoms with van der Waals surface area (Å²) in [4.78, 5) is 2.55. The number of nitrogen functional groups attached to an aromatic ring is 1. The van der Waals surface area contributed by atoms with Gasteiger partial charge in [-0.05, 0) is 60.8 Å². The van der Waals surface area contributed by atoms with Gasteiger partial charge in [0.2, 0.25) is 0 Å². The molecule has 1 fully saturated rings. The molecular weight excluding hydrogens is 370 g/mol. The molecule has 0 bridgehead atoms. The smallest absolute Gasteiger partial charge is 0.119 e. The Morgan fingerprint density at radius 1 is 0.967 bits per heavy atom. The first-order valence-electron chi connectivity index (χ1n) is 10.7. The van der Waals surface area contributed by atoms with Gasteiger partial charge < -0.3 is 15.8 Å². The van der Waals surface area contributed by atoms with Crippen LogP contribution in [0.2, 0.25) is 0 Å². The Balaban J connectivity index is 1.47. The van der Waals surface area contributed by atoms with Gasteiger partial charge in [0, 0.05) is 18.3 Å². The van der Waals surface area contributed by atoms with Crippen molar-refractivity contribution in [3.05, 3.63) is 95.6 Å². The van der Waals surface area contributed by atoms with Crippen LogP contribution in [0.4, 0.5) is 5.69 Å². The maximum absolute atomic E-state index is 6.36. The van der Waals surface area contributed by atoms with Gasteiger partial charge in [-0.15, -0.1) is 0 Å². The van der Waals surface area contributed by atoms with E-state index in [2.05, 4.69) is 64.8 Å². The average Bonchev–Trinajstić information content (AvgIpc) is 2.80. The molecule has 3 N–H and O–H groups in total. The zero-order valence-electron chi connectivity index (χ0n) is 17.6. The summed E-state index contributed by atoms with van der Waals surface area (Å²) in [6.45, 7) is 3.22. The van der Waals surface area contributed by atoms with Crippen molar-refractivity contribution >= 4 is 5.69 Å². The van der Waals surface area contributed by atoms with Crippen LogP contribution >= 0.6 is 0 Å². The molecule has 0 radical (unpaired) electrons. The number of nitrogens with one attached hydrogen (secondary N) is 1. The van der Waals surface area contributed by atoms with Gasteiger partial charge in [0.05, 0.1) is 13.2 Å². The molecule has 1 heterocycles. The highest BCUT2D eigenvalue weighted by Crippen LogP contribution is 2.30. The van der Waals surface area contributed by atoms with Gasteiger partial charge in [0.1, 0.15) is 5.75 Å². The molecule has 4 nitrogen and oxygen atoms in total. The number of piperidine rings is 1. The molecular formula is C26H31N3O. The molecule has 3 aromatic carbocycles. The first kappa shape index (κ1) is 20.5. The molecule has 0 amide bonds. The summed E-state index contributed by atoms with van der Waals surface area (Å²) in [6, 6.07) is 27.7. The zero-order valence-corrected chi connectivity index (χ0v) is 17.6. The van der Waals surface area contributed by atoms with E-state index in [0.29, 0.717) is 6.04 Å². The van der Waals surface area contributed by atoms with Gasteiger partial charge in [-0.2, -0.15) is 0 Å². The normalized spacial score (nSPS) is 16.3.